The molecule has 0 radical (unpaired) electrons. The summed E-state index contributed by atoms with van der Waals surface area (Å²) in [6.45, 7) is 0.112. The Balaban J connectivity index is 2.14. The fraction of sp³-hybridized carbons (Fsp3) is 0.500. The van der Waals surface area contributed by atoms with Crippen molar-refractivity contribution in [3.8, 4) is 0 Å². The van der Waals surface area contributed by atoms with Crippen molar-refractivity contribution in [3.05, 3.63) is 24.3 Å². The highest BCUT2D eigenvalue weighted by Gasteiger charge is 2.36. The highest BCUT2D eigenvalue weighted by Crippen LogP contribution is 2.34. The topological polar surface area (TPSA) is 66.4 Å². The second-order valence-corrected chi connectivity index (χ2v) is 6.73. The summed E-state index contributed by atoms with van der Waals surface area (Å²) in [5.74, 6) is 0. The Morgan fingerprint density at radius 1 is 1.29 bits per heavy atom. The lowest BCUT2D eigenvalue weighted by molar-refractivity contribution is 0.144. The molecule has 0 saturated heterocycles. The smallest absolute Gasteiger partial charge is 0.175 e. The molecule has 2 rings (SSSR count). The Kier molecular flexibility index (Phi) is 3.14. The van der Waals surface area contributed by atoms with Crippen LogP contribution in [0.25, 0.3) is 0 Å². The predicted molar refractivity (Wildman–Crippen MR) is 66.8 cm³/mol. The van der Waals surface area contributed by atoms with Gasteiger partial charge in [0, 0.05) is 11.9 Å². The molecule has 5 heteroatoms. The highest BCUT2D eigenvalue weighted by molar-refractivity contribution is 7.90. The summed E-state index contributed by atoms with van der Waals surface area (Å²) in [6.07, 6.45) is 4.22. The molecule has 1 aromatic carbocycles. The van der Waals surface area contributed by atoms with Crippen LogP contribution in [0.1, 0.15) is 19.3 Å². The fourth-order valence-electron chi connectivity index (χ4n) is 2.02. The molecular formula is C12H17NO3S. The van der Waals surface area contributed by atoms with Crippen molar-refractivity contribution in [1.29, 1.82) is 0 Å². The fourth-order valence-corrected chi connectivity index (χ4v) is 2.65. The number of sulfone groups is 1. The van der Waals surface area contributed by atoms with Crippen molar-refractivity contribution in [2.24, 2.45) is 0 Å². The van der Waals surface area contributed by atoms with Crippen LogP contribution in [-0.2, 0) is 9.84 Å². The maximum absolute atomic E-state index is 11.3. The molecule has 0 bridgehead atoms. The number of rotatable bonds is 4. The van der Waals surface area contributed by atoms with Gasteiger partial charge in [-0.15, -0.1) is 0 Å². The highest BCUT2D eigenvalue weighted by atomic mass is 32.2. The van der Waals surface area contributed by atoms with E-state index in [-0.39, 0.29) is 12.1 Å². The lowest BCUT2D eigenvalue weighted by Gasteiger charge is -2.41. The van der Waals surface area contributed by atoms with Crippen LogP contribution in [0, 0.1) is 0 Å². The number of aliphatic hydroxyl groups excluding tert-OH is 1. The zero-order valence-corrected chi connectivity index (χ0v) is 10.6. The summed E-state index contributed by atoms with van der Waals surface area (Å²) in [5, 5.41) is 12.6. The van der Waals surface area contributed by atoms with Crippen LogP contribution in [0.2, 0.25) is 0 Å². The molecule has 17 heavy (non-hydrogen) atoms. The van der Waals surface area contributed by atoms with E-state index in [1.165, 1.54) is 6.26 Å². The van der Waals surface area contributed by atoms with Crippen LogP contribution in [0.5, 0.6) is 0 Å². The number of aliphatic hydroxyl groups is 1. The molecule has 1 fully saturated rings. The van der Waals surface area contributed by atoms with Gasteiger partial charge in [-0.1, -0.05) is 0 Å². The normalized spacial score (nSPS) is 18.5. The van der Waals surface area contributed by atoms with E-state index in [0.29, 0.717) is 4.90 Å². The van der Waals surface area contributed by atoms with Gasteiger partial charge >= 0.3 is 0 Å². The molecule has 0 unspecified atom stereocenters. The molecule has 1 aromatic rings. The summed E-state index contributed by atoms with van der Waals surface area (Å²) in [6, 6.07) is 6.65. The Morgan fingerprint density at radius 2 is 1.88 bits per heavy atom. The largest absolute Gasteiger partial charge is 0.394 e. The van der Waals surface area contributed by atoms with E-state index in [4.69, 9.17) is 0 Å². The second kappa shape index (κ2) is 4.31. The number of benzene rings is 1. The van der Waals surface area contributed by atoms with Gasteiger partial charge in [0.1, 0.15) is 0 Å². The molecule has 0 heterocycles. The van der Waals surface area contributed by atoms with Crippen LogP contribution in [-0.4, -0.2) is 31.9 Å². The molecular weight excluding hydrogens is 238 g/mol. The van der Waals surface area contributed by atoms with Gasteiger partial charge in [-0.3, -0.25) is 0 Å². The lowest BCUT2D eigenvalue weighted by atomic mass is 9.77. The van der Waals surface area contributed by atoms with Gasteiger partial charge in [0.25, 0.3) is 0 Å². The maximum atomic E-state index is 11.3. The Bertz CT molecular complexity index is 483. The number of hydrogen-bond donors (Lipinski definition) is 2. The van der Waals surface area contributed by atoms with E-state index in [1.807, 2.05) is 0 Å². The zero-order chi connectivity index (χ0) is 12.5. The second-order valence-electron chi connectivity index (χ2n) is 4.71. The van der Waals surface area contributed by atoms with E-state index in [2.05, 4.69) is 5.32 Å². The molecule has 1 aliphatic rings. The molecule has 4 nitrogen and oxygen atoms in total. The first kappa shape index (κ1) is 12.4. The summed E-state index contributed by atoms with van der Waals surface area (Å²) in [4.78, 5) is 0.315. The number of nitrogens with one attached hydrogen (secondary N) is 1. The zero-order valence-electron chi connectivity index (χ0n) is 9.81. The van der Waals surface area contributed by atoms with Crippen molar-refractivity contribution in [2.45, 2.75) is 29.7 Å². The third kappa shape index (κ3) is 2.61. The molecule has 0 atom stereocenters. The molecule has 1 aliphatic carbocycles. The van der Waals surface area contributed by atoms with Crippen molar-refractivity contribution >= 4 is 15.5 Å². The summed E-state index contributed by atoms with van der Waals surface area (Å²) < 4.78 is 22.6. The van der Waals surface area contributed by atoms with Crippen LogP contribution >= 0.6 is 0 Å². The number of hydrogen-bond acceptors (Lipinski definition) is 4. The standard InChI is InChI=1S/C12H17NO3S/c1-17(15,16)11-5-3-10(4-6-11)13-12(9-14)7-2-8-12/h3-6,13-14H,2,7-9H2,1H3. The quantitative estimate of drug-likeness (QED) is 0.854. The van der Waals surface area contributed by atoms with E-state index < -0.39 is 9.84 Å². The summed E-state index contributed by atoms with van der Waals surface area (Å²) in [7, 11) is -3.14. The third-order valence-corrected chi connectivity index (χ3v) is 4.43. The van der Waals surface area contributed by atoms with Crippen LogP contribution in [0.15, 0.2) is 29.2 Å². The Labute approximate surface area is 102 Å². The van der Waals surface area contributed by atoms with E-state index >= 15 is 0 Å². The molecule has 0 aliphatic heterocycles. The van der Waals surface area contributed by atoms with Crippen molar-refractivity contribution in [2.75, 3.05) is 18.2 Å². The summed E-state index contributed by atoms with van der Waals surface area (Å²) in [5.41, 5.74) is 0.651. The minimum atomic E-state index is -3.14. The molecule has 0 spiro atoms. The van der Waals surface area contributed by atoms with Gasteiger partial charge in [-0.2, -0.15) is 0 Å². The van der Waals surface area contributed by atoms with E-state index in [9.17, 15) is 13.5 Å². The average molecular weight is 255 g/mol. The van der Waals surface area contributed by atoms with Gasteiger partial charge < -0.3 is 10.4 Å². The van der Waals surface area contributed by atoms with Gasteiger partial charge in [0.05, 0.1) is 17.0 Å². The minimum absolute atomic E-state index is 0.112. The van der Waals surface area contributed by atoms with Crippen molar-refractivity contribution in [3.63, 3.8) is 0 Å². The van der Waals surface area contributed by atoms with E-state index in [1.54, 1.807) is 24.3 Å². The first-order valence-electron chi connectivity index (χ1n) is 5.64. The van der Waals surface area contributed by atoms with Gasteiger partial charge in [0.2, 0.25) is 0 Å². The molecule has 0 aromatic heterocycles. The molecule has 2 N–H and O–H groups in total. The van der Waals surface area contributed by atoms with Gasteiger partial charge in [-0.25, -0.2) is 8.42 Å². The Hall–Kier alpha value is -1.07. The van der Waals surface area contributed by atoms with Crippen LogP contribution in [0.4, 0.5) is 5.69 Å². The maximum Gasteiger partial charge on any atom is 0.175 e. The Morgan fingerprint density at radius 3 is 2.24 bits per heavy atom. The monoisotopic (exact) mass is 255 g/mol. The van der Waals surface area contributed by atoms with Crippen molar-refractivity contribution in [1.82, 2.24) is 0 Å². The van der Waals surface area contributed by atoms with Crippen LogP contribution in [0.3, 0.4) is 0 Å². The van der Waals surface area contributed by atoms with E-state index in [0.717, 1.165) is 24.9 Å². The van der Waals surface area contributed by atoms with Gasteiger partial charge in [0.15, 0.2) is 9.84 Å². The first-order chi connectivity index (χ1) is 7.95. The van der Waals surface area contributed by atoms with Gasteiger partial charge in [-0.05, 0) is 43.5 Å². The average Bonchev–Trinajstić information content (AvgIpc) is 2.23. The molecule has 1 saturated carbocycles. The minimum Gasteiger partial charge on any atom is -0.394 e. The SMILES string of the molecule is CS(=O)(=O)c1ccc(NC2(CO)CCC2)cc1. The lowest BCUT2D eigenvalue weighted by Crippen LogP contribution is -2.48. The molecule has 0 amide bonds. The molecule has 94 valence electrons. The van der Waals surface area contributed by atoms with Crippen molar-refractivity contribution < 1.29 is 13.5 Å². The summed E-state index contributed by atoms with van der Waals surface area (Å²) >= 11 is 0. The predicted octanol–water partition coefficient (Wildman–Crippen LogP) is 1.42. The first-order valence-corrected chi connectivity index (χ1v) is 7.54. The number of anilines is 1. The third-order valence-electron chi connectivity index (χ3n) is 3.31. The van der Waals surface area contributed by atoms with Crippen LogP contribution < -0.4 is 5.32 Å².